The molecule has 8 heteroatoms. The van der Waals surface area contributed by atoms with Crippen LogP contribution in [0.5, 0.6) is 0 Å². The predicted octanol–water partition coefficient (Wildman–Crippen LogP) is 1.81. The van der Waals surface area contributed by atoms with Crippen molar-refractivity contribution in [1.29, 1.82) is 0 Å². The van der Waals surface area contributed by atoms with Crippen LogP contribution in [0, 0.1) is 0 Å². The number of para-hydroxylation sites is 1. The maximum absolute atomic E-state index is 11.9. The maximum atomic E-state index is 11.9. The standard InChI is InChI=1S/C20H30N4O4/c1-20(2,3)22-19(26)27-14-17-16(21-18(25)28-17)13-23-9-11-24(12-10-23)15-7-5-4-6-8-15/h4-8,16-17H,9-14H2,1-3H3,(H,21,25)(H,22,26)/t16-,17-/m1/s1. The lowest BCUT2D eigenvalue weighted by molar-refractivity contribution is 0.0542. The SMILES string of the molecule is CC(C)(C)NC(=O)OC[C@H]1OC(=O)N[C@@H]1CN1CCN(c2ccccc2)CC1. The molecule has 0 aliphatic carbocycles. The molecule has 2 saturated heterocycles. The highest BCUT2D eigenvalue weighted by Crippen LogP contribution is 2.17. The summed E-state index contributed by atoms with van der Waals surface area (Å²) in [5, 5.41) is 5.57. The van der Waals surface area contributed by atoms with E-state index in [0.717, 1.165) is 26.2 Å². The third-order valence-electron chi connectivity index (χ3n) is 4.81. The van der Waals surface area contributed by atoms with Crippen LogP contribution < -0.4 is 15.5 Å². The summed E-state index contributed by atoms with van der Waals surface area (Å²) < 4.78 is 10.5. The summed E-state index contributed by atoms with van der Waals surface area (Å²) in [4.78, 5) is 28.2. The van der Waals surface area contributed by atoms with Crippen molar-refractivity contribution >= 4 is 17.9 Å². The average molecular weight is 390 g/mol. The van der Waals surface area contributed by atoms with Gasteiger partial charge in [-0.3, -0.25) is 4.90 Å². The third-order valence-corrected chi connectivity index (χ3v) is 4.81. The van der Waals surface area contributed by atoms with Gasteiger partial charge in [-0.05, 0) is 32.9 Å². The summed E-state index contributed by atoms with van der Waals surface area (Å²) in [5.74, 6) is 0. The summed E-state index contributed by atoms with van der Waals surface area (Å²) in [6, 6.07) is 10.2. The Morgan fingerprint density at radius 1 is 1.21 bits per heavy atom. The number of benzene rings is 1. The minimum absolute atomic E-state index is 0.0370. The second kappa shape index (κ2) is 8.68. The zero-order valence-electron chi connectivity index (χ0n) is 16.8. The van der Waals surface area contributed by atoms with Crippen molar-refractivity contribution in [2.24, 2.45) is 0 Å². The molecule has 2 atom stereocenters. The molecule has 8 nitrogen and oxygen atoms in total. The third kappa shape index (κ3) is 5.76. The summed E-state index contributed by atoms with van der Waals surface area (Å²) in [5.41, 5.74) is 0.857. The zero-order chi connectivity index (χ0) is 20.1. The monoisotopic (exact) mass is 390 g/mol. The number of alkyl carbamates (subject to hydrolysis) is 2. The molecule has 2 aliphatic rings. The van der Waals surface area contributed by atoms with Gasteiger partial charge in [-0.1, -0.05) is 18.2 Å². The van der Waals surface area contributed by atoms with Crippen molar-refractivity contribution in [3.8, 4) is 0 Å². The molecule has 0 bridgehead atoms. The lowest BCUT2D eigenvalue weighted by atomic mass is 10.1. The van der Waals surface area contributed by atoms with Gasteiger partial charge in [0.15, 0.2) is 6.10 Å². The van der Waals surface area contributed by atoms with Gasteiger partial charge < -0.3 is 25.0 Å². The molecule has 0 spiro atoms. The van der Waals surface area contributed by atoms with Crippen LogP contribution in [0.3, 0.4) is 0 Å². The van der Waals surface area contributed by atoms with Crippen molar-refractivity contribution in [1.82, 2.24) is 15.5 Å². The average Bonchev–Trinajstić information content (AvgIpc) is 2.99. The number of anilines is 1. The number of ether oxygens (including phenoxy) is 2. The Kier molecular flexibility index (Phi) is 6.28. The molecular weight excluding hydrogens is 360 g/mol. The van der Waals surface area contributed by atoms with E-state index < -0.39 is 18.3 Å². The minimum atomic E-state index is -0.509. The van der Waals surface area contributed by atoms with Crippen LogP contribution in [0.1, 0.15) is 20.8 Å². The fourth-order valence-corrected chi connectivity index (χ4v) is 3.42. The van der Waals surface area contributed by atoms with Gasteiger partial charge in [0.05, 0.1) is 6.04 Å². The first-order valence-electron chi connectivity index (χ1n) is 9.74. The van der Waals surface area contributed by atoms with Gasteiger partial charge in [-0.15, -0.1) is 0 Å². The fraction of sp³-hybridized carbons (Fsp3) is 0.600. The quantitative estimate of drug-likeness (QED) is 0.798. The van der Waals surface area contributed by atoms with E-state index in [1.165, 1.54) is 5.69 Å². The number of piperazine rings is 1. The van der Waals surface area contributed by atoms with E-state index in [4.69, 9.17) is 9.47 Å². The summed E-state index contributed by atoms with van der Waals surface area (Å²) >= 11 is 0. The molecule has 3 rings (SSSR count). The molecule has 2 amide bonds. The Morgan fingerprint density at radius 3 is 2.54 bits per heavy atom. The highest BCUT2D eigenvalue weighted by molar-refractivity contribution is 5.71. The van der Waals surface area contributed by atoms with E-state index in [-0.39, 0.29) is 18.2 Å². The topological polar surface area (TPSA) is 83.1 Å². The number of amides is 2. The molecular formula is C20H30N4O4. The Bertz CT molecular complexity index is 669. The molecule has 0 unspecified atom stereocenters. The van der Waals surface area contributed by atoms with Crippen molar-refractivity contribution in [3.05, 3.63) is 30.3 Å². The van der Waals surface area contributed by atoms with E-state index in [2.05, 4.69) is 32.6 Å². The van der Waals surface area contributed by atoms with Gasteiger partial charge in [0.25, 0.3) is 0 Å². The first-order valence-corrected chi connectivity index (χ1v) is 9.74. The van der Waals surface area contributed by atoms with Gasteiger partial charge in [-0.25, -0.2) is 9.59 Å². The number of carbonyl (C=O) groups excluding carboxylic acids is 2. The molecule has 0 saturated carbocycles. The highest BCUT2D eigenvalue weighted by Gasteiger charge is 2.36. The number of rotatable bonds is 5. The molecule has 1 aromatic carbocycles. The molecule has 2 N–H and O–H groups in total. The molecule has 1 aromatic rings. The lowest BCUT2D eigenvalue weighted by Gasteiger charge is -2.37. The number of nitrogens with one attached hydrogen (secondary N) is 2. The van der Waals surface area contributed by atoms with Gasteiger partial charge >= 0.3 is 12.2 Å². The van der Waals surface area contributed by atoms with Crippen LogP contribution in [-0.4, -0.2) is 74.1 Å². The number of cyclic esters (lactones) is 1. The predicted molar refractivity (Wildman–Crippen MR) is 107 cm³/mol. The Balaban J connectivity index is 1.46. The van der Waals surface area contributed by atoms with Crippen molar-refractivity contribution in [2.75, 3.05) is 44.2 Å². The first-order chi connectivity index (χ1) is 13.3. The van der Waals surface area contributed by atoms with Crippen LogP contribution >= 0.6 is 0 Å². The number of carbonyl (C=O) groups is 2. The maximum Gasteiger partial charge on any atom is 0.408 e. The van der Waals surface area contributed by atoms with Crippen LogP contribution in [0.2, 0.25) is 0 Å². The van der Waals surface area contributed by atoms with Crippen LogP contribution in [0.15, 0.2) is 30.3 Å². The van der Waals surface area contributed by atoms with Crippen molar-refractivity contribution in [2.45, 2.75) is 38.5 Å². The van der Waals surface area contributed by atoms with Crippen molar-refractivity contribution < 1.29 is 19.1 Å². The second-order valence-electron chi connectivity index (χ2n) is 8.29. The Hall–Kier alpha value is -2.48. The van der Waals surface area contributed by atoms with E-state index in [1.807, 2.05) is 39.0 Å². The van der Waals surface area contributed by atoms with Crippen LogP contribution in [0.4, 0.5) is 15.3 Å². The molecule has 0 aromatic heterocycles. The van der Waals surface area contributed by atoms with Gasteiger partial charge in [0.2, 0.25) is 0 Å². The Morgan fingerprint density at radius 2 is 1.89 bits per heavy atom. The normalized spacial score (nSPS) is 23.1. The van der Waals surface area contributed by atoms with Gasteiger partial charge in [-0.2, -0.15) is 0 Å². The molecule has 154 valence electrons. The van der Waals surface area contributed by atoms with Gasteiger partial charge in [0, 0.05) is 44.0 Å². The molecule has 2 aliphatic heterocycles. The lowest BCUT2D eigenvalue weighted by Crippen LogP contribution is -2.52. The Labute approximate surface area is 166 Å². The highest BCUT2D eigenvalue weighted by atomic mass is 16.6. The second-order valence-corrected chi connectivity index (χ2v) is 8.29. The zero-order valence-corrected chi connectivity index (χ0v) is 16.8. The number of hydrogen-bond acceptors (Lipinski definition) is 6. The largest absolute Gasteiger partial charge is 0.446 e. The van der Waals surface area contributed by atoms with E-state index in [1.54, 1.807) is 0 Å². The molecule has 2 heterocycles. The van der Waals surface area contributed by atoms with E-state index in [0.29, 0.717) is 6.54 Å². The van der Waals surface area contributed by atoms with Crippen LogP contribution in [-0.2, 0) is 9.47 Å². The summed E-state index contributed by atoms with van der Waals surface area (Å²) in [6.07, 6.45) is -1.45. The fourth-order valence-electron chi connectivity index (χ4n) is 3.42. The number of nitrogens with zero attached hydrogens (tertiary/aromatic N) is 2. The molecule has 28 heavy (non-hydrogen) atoms. The first kappa shape index (κ1) is 20.3. The van der Waals surface area contributed by atoms with Crippen molar-refractivity contribution in [3.63, 3.8) is 0 Å². The molecule has 0 radical (unpaired) electrons. The minimum Gasteiger partial charge on any atom is -0.446 e. The number of hydrogen-bond donors (Lipinski definition) is 2. The van der Waals surface area contributed by atoms with E-state index in [9.17, 15) is 9.59 Å². The van der Waals surface area contributed by atoms with E-state index >= 15 is 0 Å². The van der Waals surface area contributed by atoms with Gasteiger partial charge in [0.1, 0.15) is 6.61 Å². The summed E-state index contributed by atoms with van der Waals surface area (Å²) in [6.45, 7) is 10.0. The summed E-state index contributed by atoms with van der Waals surface area (Å²) in [7, 11) is 0. The molecule has 2 fully saturated rings. The smallest absolute Gasteiger partial charge is 0.408 e. The van der Waals surface area contributed by atoms with Crippen LogP contribution in [0.25, 0.3) is 0 Å².